The predicted octanol–water partition coefficient (Wildman–Crippen LogP) is 2.49. The van der Waals surface area contributed by atoms with Gasteiger partial charge in [-0.3, -0.25) is 0 Å². The molecule has 2 rings (SSSR count). The van der Waals surface area contributed by atoms with Crippen molar-refractivity contribution in [1.29, 1.82) is 0 Å². The highest BCUT2D eigenvalue weighted by molar-refractivity contribution is 5.45. The molecule has 0 bridgehead atoms. The fourth-order valence-electron chi connectivity index (χ4n) is 1.56. The fourth-order valence-corrected chi connectivity index (χ4v) is 1.56. The van der Waals surface area contributed by atoms with E-state index in [1.807, 2.05) is 0 Å². The highest BCUT2D eigenvalue weighted by Gasteiger charge is 2.20. The van der Waals surface area contributed by atoms with Crippen LogP contribution in [0.25, 0.3) is 0 Å². The smallest absolute Gasteiger partial charge is 0.125 e. The number of aryl methyl sites for hydroxylation is 1. The molecule has 0 amide bonds. The Morgan fingerprint density at radius 3 is 3.00 bits per heavy atom. The molecule has 0 N–H and O–H groups in total. The quantitative estimate of drug-likeness (QED) is 0.549. The predicted molar refractivity (Wildman–Crippen MR) is 45.1 cm³/mol. The van der Waals surface area contributed by atoms with Gasteiger partial charge in [-0.2, -0.15) is 0 Å². The molecule has 0 radical (unpaired) electrons. The molecule has 1 atom stereocenters. The molecule has 1 aliphatic heterocycles. The van der Waals surface area contributed by atoms with E-state index in [1.165, 1.54) is 11.1 Å². The van der Waals surface area contributed by atoms with Crippen LogP contribution in [0.3, 0.4) is 0 Å². The number of fused-ring (bicyclic) bond motifs is 1. The van der Waals surface area contributed by atoms with Gasteiger partial charge >= 0.3 is 0 Å². The van der Waals surface area contributed by atoms with Crippen LogP contribution in [0, 0.1) is 6.92 Å². The maximum absolute atomic E-state index is 5.54. The lowest BCUT2D eigenvalue weighted by molar-refractivity contribution is 0.335. The molecule has 58 valence electrons. The van der Waals surface area contributed by atoms with Crippen LogP contribution < -0.4 is 4.74 Å². The Morgan fingerprint density at radius 2 is 2.27 bits per heavy atom. The lowest BCUT2D eigenvalue weighted by Gasteiger charge is -2.01. The minimum Gasteiger partial charge on any atom is -0.492 e. The maximum Gasteiger partial charge on any atom is 0.125 e. The molecule has 1 unspecified atom stereocenters. The zero-order valence-electron chi connectivity index (χ0n) is 6.92. The van der Waals surface area contributed by atoms with Crippen molar-refractivity contribution in [1.82, 2.24) is 0 Å². The molecular weight excluding hydrogens is 136 g/mol. The largest absolute Gasteiger partial charge is 0.492 e. The summed E-state index contributed by atoms with van der Waals surface area (Å²) in [5.74, 6) is 1.69. The topological polar surface area (TPSA) is 9.23 Å². The Balaban J connectivity index is 2.57. The van der Waals surface area contributed by atoms with Gasteiger partial charge in [-0.15, -0.1) is 0 Å². The summed E-state index contributed by atoms with van der Waals surface area (Å²) in [6.07, 6.45) is 0. The van der Waals surface area contributed by atoms with Gasteiger partial charge in [0.25, 0.3) is 0 Å². The van der Waals surface area contributed by atoms with Crippen LogP contribution in [0.4, 0.5) is 0 Å². The molecule has 1 aromatic carbocycles. The fraction of sp³-hybridized carbons (Fsp3) is 0.400. The first-order chi connectivity index (χ1) is 5.29. The van der Waals surface area contributed by atoms with E-state index in [0.29, 0.717) is 5.92 Å². The summed E-state index contributed by atoms with van der Waals surface area (Å²) in [5, 5.41) is 0. The molecule has 0 aliphatic carbocycles. The molecule has 1 aromatic rings. The highest BCUT2D eigenvalue weighted by atomic mass is 16.5. The summed E-state index contributed by atoms with van der Waals surface area (Å²) >= 11 is 0. The van der Waals surface area contributed by atoms with E-state index < -0.39 is 0 Å². The molecule has 0 fully saturated rings. The number of rotatable bonds is 0. The number of para-hydroxylation sites is 1. The average Bonchev–Trinajstić information content (AvgIpc) is 2.35. The molecule has 1 heteroatoms. The Labute approximate surface area is 67.0 Å². The Morgan fingerprint density at radius 1 is 1.45 bits per heavy atom. The normalized spacial score (nSPS) is 21.1. The van der Waals surface area contributed by atoms with Crippen molar-refractivity contribution >= 4 is 0 Å². The average molecular weight is 148 g/mol. The van der Waals surface area contributed by atoms with E-state index in [9.17, 15) is 0 Å². The van der Waals surface area contributed by atoms with Crippen LogP contribution in [-0.2, 0) is 0 Å². The molecule has 0 aromatic heterocycles. The van der Waals surface area contributed by atoms with Gasteiger partial charge in [0.1, 0.15) is 5.75 Å². The minimum atomic E-state index is 0.574. The number of hydrogen-bond acceptors (Lipinski definition) is 1. The zero-order valence-corrected chi connectivity index (χ0v) is 6.92. The van der Waals surface area contributed by atoms with Crippen molar-refractivity contribution in [2.75, 3.05) is 6.61 Å². The van der Waals surface area contributed by atoms with Crippen LogP contribution in [0.2, 0.25) is 0 Å². The van der Waals surface area contributed by atoms with Gasteiger partial charge in [0.05, 0.1) is 6.61 Å². The first-order valence-electron chi connectivity index (χ1n) is 4.01. The summed E-state index contributed by atoms with van der Waals surface area (Å²) in [4.78, 5) is 0. The van der Waals surface area contributed by atoms with Gasteiger partial charge in [-0.25, -0.2) is 0 Å². The maximum atomic E-state index is 5.54. The van der Waals surface area contributed by atoms with Gasteiger partial charge < -0.3 is 4.74 Å². The van der Waals surface area contributed by atoms with Crippen molar-refractivity contribution < 1.29 is 4.74 Å². The zero-order chi connectivity index (χ0) is 7.84. The van der Waals surface area contributed by atoms with Gasteiger partial charge in [0.15, 0.2) is 0 Å². The van der Waals surface area contributed by atoms with E-state index in [4.69, 9.17) is 4.74 Å². The second-order valence-electron chi connectivity index (χ2n) is 3.21. The summed E-state index contributed by atoms with van der Waals surface area (Å²) in [6, 6.07) is 6.34. The minimum absolute atomic E-state index is 0.574. The standard InChI is InChI=1S/C10H12O/c1-7-4-3-5-9-8(2)6-11-10(7)9/h3-5,8H,6H2,1-2H3. The third kappa shape index (κ3) is 0.917. The van der Waals surface area contributed by atoms with Crippen molar-refractivity contribution in [3.63, 3.8) is 0 Å². The number of benzene rings is 1. The Kier molecular flexibility index (Phi) is 1.38. The molecule has 1 nitrogen and oxygen atoms in total. The second-order valence-corrected chi connectivity index (χ2v) is 3.21. The van der Waals surface area contributed by atoms with Crippen molar-refractivity contribution in [3.8, 4) is 5.75 Å². The summed E-state index contributed by atoms with van der Waals surface area (Å²) in [7, 11) is 0. The van der Waals surface area contributed by atoms with Gasteiger partial charge in [0.2, 0.25) is 0 Å². The van der Waals surface area contributed by atoms with Crippen LogP contribution >= 0.6 is 0 Å². The van der Waals surface area contributed by atoms with Gasteiger partial charge in [-0.1, -0.05) is 25.1 Å². The van der Waals surface area contributed by atoms with Crippen molar-refractivity contribution in [2.45, 2.75) is 19.8 Å². The van der Waals surface area contributed by atoms with E-state index in [0.717, 1.165) is 12.4 Å². The summed E-state index contributed by atoms with van der Waals surface area (Å²) < 4.78 is 5.54. The third-order valence-electron chi connectivity index (χ3n) is 2.25. The molecular formula is C10H12O. The molecule has 1 aliphatic rings. The number of ether oxygens (including phenoxy) is 1. The Hall–Kier alpha value is -0.980. The molecule has 0 saturated heterocycles. The van der Waals surface area contributed by atoms with E-state index >= 15 is 0 Å². The monoisotopic (exact) mass is 148 g/mol. The summed E-state index contributed by atoms with van der Waals surface area (Å²) in [6.45, 7) is 5.14. The highest BCUT2D eigenvalue weighted by Crippen LogP contribution is 2.35. The van der Waals surface area contributed by atoms with E-state index in [-0.39, 0.29) is 0 Å². The molecule has 1 heterocycles. The first-order valence-corrected chi connectivity index (χ1v) is 4.01. The van der Waals surface area contributed by atoms with E-state index in [1.54, 1.807) is 0 Å². The van der Waals surface area contributed by atoms with Crippen LogP contribution in [0.5, 0.6) is 5.75 Å². The van der Waals surface area contributed by atoms with Crippen LogP contribution in [0.15, 0.2) is 18.2 Å². The SMILES string of the molecule is Cc1cccc2c1OCC2C. The lowest BCUT2D eigenvalue weighted by Crippen LogP contribution is -1.93. The van der Waals surface area contributed by atoms with E-state index in [2.05, 4.69) is 32.0 Å². The van der Waals surface area contributed by atoms with Crippen LogP contribution in [0.1, 0.15) is 24.0 Å². The van der Waals surface area contributed by atoms with Crippen molar-refractivity contribution in [3.05, 3.63) is 29.3 Å². The number of hydrogen-bond donors (Lipinski definition) is 0. The third-order valence-corrected chi connectivity index (χ3v) is 2.25. The Bertz CT molecular complexity index is 278. The van der Waals surface area contributed by atoms with Crippen LogP contribution in [-0.4, -0.2) is 6.61 Å². The van der Waals surface area contributed by atoms with Gasteiger partial charge in [-0.05, 0) is 12.5 Å². The molecule has 11 heavy (non-hydrogen) atoms. The van der Waals surface area contributed by atoms with Gasteiger partial charge in [0, 0.05) is 11.5 Å². The summed E-state index contributed by atoms with van der Waals surface area (Å²) in [5.41, 5.74) is 2.62. The first kappa shape index (κ1) is 6.71. The molecule has 0 spiro atoms. The van der Waals surface area contributed by atoms with Crippen molar-refractivity contribution in [2.24, 2.45) is 0 Å². The lowest BCUT2D eigenvalue weighted by atomic mass is 10.0. The second kappa shape index (κ2) is 2.26. The molecule has 0 saturated carbocycles.